The standard InChI is InChI=1S/C13H18FN3O/c1-9(18)16-11-4-6-17(7-5-11)13-3-2-10(15)8-12(13)14/h2-3,8,11H,4-7,15H2,1H3,(H,16,18). The molecule has 0 bridgehead atoms. The summed E-state index contributed by atoms with van der Waals surface area (Å²) in [5, 5.41) is 2.90. The molecule has 0 aromatic heterocycles. The summed E-state index contributed by atoms with van der Waals surface area (Å²) in [5.41, 5.74) is 6.55. The number of halogens is 1. The lowest BCUT2D eigenvalue weighted by molar-refractivity contribution is -0.119. The molecule has 0 atom stereocenters. The summed E-state index contributed by atoms with van der Waals surface area (Å²) < 4.78 is 13.8. The van der Waals surface area contributed by atoms with Crippen molar-refractivity contribution in [3.63, 3.8) is 0 Å². The predicted molar refractivity (Wildman–Crippen MR) is 69.9 cm³/mol. The van der Waals surface area contributed by atoms with Gasteiger partial charge in [-0.25, -0.2) is 4.39 Å². The monoisotopic (exact) mass is 251 g/mol. The Labute approximate surface area is 106 Å². The molecule has 0 aliphatic carbocycles. The Hall–Kier alpha value is -1.78. The summed E-state index contributed by atoms with van der Waals surface area (Å²) in [4.78, 5) is 12.9. The normalized spacial score (nSPS) is 16.7. The Kier molecular flexibility index (Phi) is 3.69. The number of amides is 1. The molecule has 2 rings (SSSR count). The lowest BCUT2D eigenvalue weighted by atomic mass is 10.0. The number of nitrogen functional groups attached to an aromatic ring is 1. The third-order valence-corrected chi connectivity index (χ3v) is 3.21. The second-order valence-corrected chi connectivity index (χ2v) is 4.67. The van der Waals surface area contributed by atoms with Crippen LogP contribution in [0.5, 0.6) is 0 Å². The van der Waals surface area contributed by atoms with Crippen molar-refractivity contribution < 1.29 is 9.18 Å². The highest BCUT2D eigenvalue weighted by molar-refractivity contribution is 5.73. The molecule has 1 aromatic rings. The fourth-order valence-electron chi connectivity index (χ4n) is 2.33. The number of hydrogen-bond acceptors (Lipinski definition) is 3. The molecule has 3 N–H and O–H groups in total. The molecule has 0 saturated carbocycles. The zero-order chi connectivity index (χ0) is 13.1. The average Bonchev–Trinajstić information content (AvgIpc) is 2.30. The van der Waals surface area contributed by atoms with E-state index >= 15 is 0 Å². The maximum Gasteiger partial charge on any atom is 0.217 e. The van der Waals surface area contributed by atoms with Gasteiger partial charge in [0.15, 0.2) is 0 Å². The van der Waals surface area contributed by atoms with Crippen LogP contribution in [-0.2, 0) is 4.79 Å². The van der Waals surface area contributed by atoms with Crippen LogP contribution in [-0.4, -0.2) is 25.0 Å². The Morgan fingerprint density at radius 3 is 2.67 bits per heavy atom. The molecular formula is C13H18FN3O. The first-order valence-electron chi connectivity index (χ1n) is 6.13. The van der Waals surface area contributed by atoms with Crippen molar-refractivity contribution in [3.05, 3.63) is 24.0 Å². The van der Waals surface area contributed by atoms with Gasteiger partial charge in [0.2, 0.25) is 5.91 Å². The number of rotatable bonds is 2. The van der Waals surface area contributed by atoms with Crippen LogP contribution in [0.4, 0.5) is 15.8 Å². The first-order valence-corrected chi connectivity index (χ1v) is 6.13. The molecule has 18 heavy (non-hydrogen) atoms. The SMILES string of the molecule is CC(=O)NC1CCN(c2ccc(N)cc2F)CC1. The van der Waals surface area contributed by atoms with E-state index in [2.05, 4.69) is 5.32 Å². The van der Waals surface area contributed by atoms with E-state index in [0.717, 1.165) is 25.9 Å². The van der Waals surface area contributed by atoms with E-state index in [9.17, 15) is 9.18 Å². The van der Waals surface area contributed by atoms with Gasteiger partial charge in [0.25, 0.3) is 0 Å². The number of nitrogens with zero attached hydrogens (tertiary/aromatic N) is 1. The third kappa shape index (κ3) is 2.91. The topological polar surface area (TPSA) is 58.4 Å². The van der Waals surface area contributed by atoms with Crippen LogP contribution >= 0.6 is 0 Å². The van der Waals surface area contributed by atoms with Gasteiger partial charge >= 0.3 is 0 Å². The molecule has 1 aliphatic rings. The summed E-state index contributed by atoms with van der Waals surface area (Å²) >= 11 is 0. The molecule has 5 heteroatoms. The maximum atomic E-state index is 13.8. The van der Waals surface area contributed by atoms with Crippen molar-refractivity contribution >= 4 is 17.3 Å². The molecule has 1 fully saturated rings. The molecule has 4 nitrogen and oxygen atoms in total. The van der Waals surface area contributed by atoms with Crippen LogP contribution in [0.25, 0.3) is 0 Å². The molecule has 1 heterocycles. The van der Waals surface area contributed by atoms with E-state index in [0.29, 0.717) is 11.4 Å². The summed E-state index contributed by atoms with van der Waals surface area (Å²) in [7, 11) is 0. The van der Waals surface area contributed by atoms with E-state index in [1.165, 1.54) is 13.0 Å². The van der Waals surface area contributed by atoms with Crippen LogP contribution in [0.1, 0.15) is 19.8 Å². The van der Waals surface area contributed by atoms with E-state index in [-0.39, 0.29) is 17.8 Å². The third-order valence-electron chi connectivity index (χ3n) is 3.21. The van der Waals surface area contributed by atoms with Crippen LogP contribution < -0.4 is 16.0 Å². The highest BCUT2D eigenvalue weighted by Crippen LogP contribution is 2.24. The minimum absolute atomic E-state index is 0.00730. The van der Waals surface area contributed by atoms with Gasteiger partial charge in [-0.05, 0) is 31.0 Å². The quantitative estimate of drug-likeness (QED) is 0.783. The zero-order valence-corrected chi connectivity index (χ0v) is 10.4. The lowest BCUT2D eigenvalue weighted by Crippen LogP contribution is -2.44. The Morgan fingerprint density at radius 2 is 2.11 bits per heavy atom. The number of nitrogens with two attached hydrogens (primary N) is 1. The average molecular weight is 251 g/mol. The van der Waals surface area contributed by atoms with Gasteiger partial charge in [0.1, 0.15) is 5.82 Å². The zero-order valence-electron chi connectivity index (χ0n) is 10.4. The van der Waals surface area contributed by atoms with Crippen LogP contribution in [0.2, 0.25) is 0 Å². The minimum Gasteiger partial charge on any atom is -0.399 e. The van der Waals surface area contributed by atoms with Gasteiger partial charge in [-0.15, -0.1) is 0 Å². The van der Waals surface area contributed by atoms with E-state index in [4.69, 9.17) is 5.73 Å². The predicted octanol–water partition coefficient (Wildman–Crippen LogP) is 1.51. The van der Waals surface area contributed by atoms with Gasteiger partial charge < -0.3 is 16.0 Å². The number of carbonyl (C=O) groups excluding carboxylic acids is 1. The first kappa shape index (κ1) is 12.7. The summed E-state index contributed by atoms with van der Waals surface area (Å²) in [5.74, 6) is -0.292. The highest BCUT2D eigenvalue weighted by atomic mass is 19.1. The minimum atomic E-state index is -0.284. The van der Waals surface area contributed by atoms with Gasteiger partial charge in [-0.2, -0.15) is 0 Å². The Morgan fingerprint density at radius 1 is 1.44 bits per heavy atom. The number of benzene rings is 1. The van der Waals surface area contributed by atoms with Gasteiger partial charge in [-0.3, -0.25) is 4.79 Å². The Balaban J connectivity index is 1.99. The Bertz CT molecular complexity index is 442. The molecule has 1 saturated heterocycles. The molecule has 98 valence electrons. The number of carbonyl (C=O) groups is 1. The second-order valence-electron chi connectivity index (χ2n) is 4.67. The lowest BCUT2D eigenvalue weighted by Gasteiger charge is -2.34. The molecule has 1 aromatic carbocycles. The van der Waals surface area contributed by atoms with Crippen LogP contribution in [0.15, 0.2) is 18.2 Å². The van der Waals surface area contributed by atoms with Crippen molar-refractivity contribution in [2.45, 2.75) is 25.8 Å². The van der Waals surface area contributed by atoms with E-state index in [1.807, 2.05) is 4.90 Å². The summed E-state index contributed by atoms with van der Waals surface area (Å²) in [6, 6.07) is 4.97. The first-order chi connectivity index (χ1) is 8.56. The number of piperidine rings is 1. The molecule has 1 amide bonds. The number of hydrogen-bond donors (Lipinski definition) is 2. The maximum absolute atomic E-state index is 13.8. The van der Waals surface area contributed by atoms with Crippen LogP contribution in [0, 0.1) is 5.82 Å². The second kappa shape index (κ2) is 5.25. The number of anilines is 2. The van der Waals surface area contributed by atoms with Crippen LogP contribution in [0.3, 0.4) is 0 Å². The van der Waals surface area contributed by atoms with Crippen molar-refractivity contribution in [1.82, 2.24) is 5.32 Å². The van der Waals surface area contributed by atoms with Gasteiger partial charge in [0.05, 0.1) is 5.69 Å². The molecule has 0 spiro atoms. The summed E-state index contributed by atoms with van der Waals surface area (Å²) in [6.07, 6.45) is 1.67. The van der Waals surface area contributed by atoms with Gasteiger partial charge in [0, 0.05) is 31.7 Å². The molecule has 1 aliphatic heterocycles. The van der Waals surface area contributed by atoms with E-state index in [1.54, 1.807) is 12.1 Å². The fraction of sp³-hybridized carbons (Fsp3) is 0.462. The largest absolute Gasteiger partial charge is 0.399 e. The van der Waals surface area contributed by atoms with Crippen molar-refractivity contribution in [2.24, 2.45) is 0 Å². The molecular weight excluding hydrogens is 233 g/mol. The summed E-state index contributed by atoms with van der Waals surface area (Å²) in [6.45, 7) is 3.00. The van der Waals surface area contributed by atoms with E-state index < -0.39 is 0 Å². The molecule has 0 unspecified atom stereocenters. The highest BCUT2D eigenvalue weighted by Gasteiger charge is 2.21. The van der Waals surface area contributed by atoms with Crippen molar-refractivity contribution in [3.8, 4) is 0 Å². The smallest absolute Gasteiger partial charge is 0.217 e. The molecule has 0 radical (unpaired) electrons. The fourth-order valence-corrected chi connectivity index (χ4v) is 2.33. The van der Waals surface area contributed by atoms with Gasteiger partial charge in [-0.1, -0.05) is 0 Å². The van der Waals surface area contributed by atoms with Crippen molar-refractivity contribution in [1.29, 1.82) is 0 Å². The van der Waals surface area contributed by atoms with Crippen molar-refractivity contribution in [2.75, 3.05) is 23.7 Å². The number of nitrogens with one attached hydrogen (secondary N) is 1.